The van der Waals surface area contributed by atoms with Gasteiger partial charge in [0.2, 0.25) is 0 Å². The van der Waals surface area contributed by atoms with Crippen LogP contribution < -0.4 is 5.73 Å². The third-order valence-electron chi connectivity index (χ3n) is 3.32. The van der Waals surface area contributed by atoms with Crippen molar-refractivity contribution >= 4 is 5.71 Å². The molecule has 2 rings (SSSR count). The molecule has 0 aliphatic heterocycles. The van der Waals surface area contributed by atoms with Crippen LogP contribution in [-0.2, 0) is 17.6 Å². The highest BCUT2D eigenvalue weighted by Gasteiger charge is 2.30. The van der Waals surface area contributed by atoms with Crippen molar-refractivity contribution in [1.82, 2.24) is 9.55 Å². The molecular weight excluding hydrogens is 321 g/mol. The van der Waals surface area contributed by atoms with Crippen molar-refractivity contribution in [3.63, 3.8) is 0 Å². The average Bonchev–Trinajstić information content (AvgIpc) is 3.06. The van der Waals surface area contributed by atoms with E-state index in [2.05, 4.69) is 10.1 Å². The molecule has 24 heavy (non-hydrogen) atoms. The Balaban J connectivity index is 2.05. The normalized spacial score (nSPS) is 12.4. The van der Waals surface area contributed by atoms with E-state index in [0.29, 0.717) is 24.2 Å². The monoisotopic (exact) mass is 340 g/mol. The summed E-state index contributed by atoms with van der Waals surface area (Å²) in [6.45, 7) is 1.31. The lowest BCUT2D eigenvalue weighted by Crippen LogP contribution is -2.10. The number of hydrogen-bond acceptors (Lipinski definition) is 4. The van der Waals surface area contributed by atoms with Gasteiger partial charge in [-0.2, -0.15) is 13.2 Å². The minimum absolute atomic E-state index is 0.256. The largest absolute Gasteiger partial charge is 0.416 e. The number of benzene rings is 1. The minimum Gasteiger partial charge on any atom is -0.394 e. The van der Waals surface area contributed by atoms with E-state index < -0.39 is 11.7 Å². The molecule has 0 unspecified atom stereocenters. The van der Waals surface area contributed by atoms with Crippen molar-refractivity contribution in [1.29, 1.82) is 0 Å². The van der Waals surface area contributed by atoms with E-state index in [1.54, 1.807) is 12.5 Å². The Morgan fingerprint density at radius 1 is 1.25 bits per heavy atom. The number of nitrogens with zero attached hydrogens (tertiary/aromatic N) is 3. The maximum Gasteiger partial charge on any atom is 0.416 e. The number of imidazole rings is 1. The van der Waals surface area contributed by atoms with E-state index in [1.165, 1.54) is 12.1 Å². The van der Waals surface area contributed by atoms with Gasteiger partial charge in [-0.3, -0.25) is 0 Å². The van der Waals surface area contributed by atoms with E-state index in [0.717, 1.165) is 25.1 Å². The fourth-order valence-corrected chi connectivity index (χ4v) is 2.12. The number of aryl methyl sites for hydroxylation is 1. The van der Waals surface area contributed by atoms with Crippen LogP contribution in [0.5, 0.6) is 0 Å². The van der Waals surface area contributed by atoms with Gasteiger partial charge in [0.1, 0.15) is 6.61 Å². The summed E-state index contributed by atoms with van der Waals surface area (Å²) in [6, 6.07) is 4.91. The fraction of sp³-hybridized carbons (Fsp3) is 0.375. The van der Waals surface area contributed by atoms with Crippen LogP contribution in [0.15, 0.2) is 48.1 Å². The summed E-state index contributed by atoms with van der Waals surface area (Å²) in [5, 5.41) is 4.02. The summed E-state index contributed by atoms with van der Waals surface area (Å²) in [7, 11) is 0. The molecule has 5 nitrogen and oxygen atoms in total. The van der Waals surface area contributed by atoms with E-state index in [9.17, 15) is 13.2 Å². The zero-order valence-electron chi connectivity index (χ0n) is 13.0. The van der Waals surface area contributed by atoms with Gasteiger partial charge < -0.3 is 15.1 Å². The van der Waals surface area contributed by atoms with Gasteiger partial charge in [0.15, 0.2) is 0 Å². The first-order valence-corrected chi connectivity index (χ1v) is 7.53. The SMILES string of the molecule is NCCO/N=C(\CCCn1ccnc1)c1ccc(C(F)(F)F)cc1. The molecule has 1 aromatic carbocycles. The number of halogens is 3. The first-order valence-electron chi connectivity index (χ1n) is 7.53. The molecule has 0 aliphatic carbocycles. The smallest absolute Gasteiger partial charge is 0.394 e. The van der Waals surface area contributed by atoms with Crippen LogP contribution in [0.4, 0.5) is 13.2 Å². The summed E-state index contributed by atoms with van der Waals surface area (Å²) in [5.41, 5.74) is 5.87. The van der Waals surface area contributed by atoms with Crippen molar-refractivity contribution in [2.75, 3.05) is 13.2 Å². The molecule has 130 valence electrons. The predicted molar refractivity (Wildman–Crippen MR) is 84.4 cm³/mol. The predicted octanol–water partition coefficient (Wildman–Crippen LogP) is 3.06. The average molecular weight is 340 g/mol. The molecular formula is C16H19F3N4O. The summed E-state index contributed by atoms with van der Waals surface area (Å²) < 4.78 is 39.9. The van der Waals surface area contributed by atoms with Crippen molar-refractivity contribution in [3.8, 4) is 0 Å². The summed E-state index contributed by atoms with van der Waals surface area (Å²) in [4.78, 5) is 9.07. The highest BCUT2D eigenvalue weighted by atomic mass is 19.4. The highest BCUT2D eigenvalue weighted by Crippen LogP contribution is 2.29. The van der Waals surface area contributed by atoms with Gasteiger partial charge in [0, 0.05) is 25.5 Å². The van der Waals surface area contributed by atoms with E-state index in [-0.39, 0.29) is 6.61 Å². The molecule has 0 fully saturated rings. The Bertz CT molecular complexity index is 636. The number of hydrogen-bond donors (Lipinski definition) is 1. The number of aromatic nitrogens is 2. The molecule has 0 radical (unpaired) electrons. The second-order valence-electron chi connectivity index (χ2n) is 5.14. The molecule has 8 heteroatoms. The first-order chi connectivity index (χ1) is 11.5. The van der Waals surface area contributed by atoms with Gasteiger partial charge in [-0.15, -0.1) is 0 Å². The number of rotatable bonds is 8. The van der Waals surface area contributed by atoms with E-state index in [4.69, 9.17) is 10.6 Å². The molecule has 0 spiro atoms. The van der Waals surface area contributed by atoms with E-state index >= 15 is 0 Å². The molecule has 0 aliphatic rings. The van der Waals surface area contributed by atoms with Gasteiger partial charge in [-0.1, -0.05) is 17.3 Å². The lowest BCUT2D eigenvalue weighted by Gasteiger charge is -2.10. The molecule has 1 heterocycles. The maximum absolute atomic E-state index is 12.7. The maximum atomic E-state index is 12.7. The second kappa shape index (κ2) is 8.49. The number of nitrogens with two attached hydrogens (primary N) is 1. The molecule has 1 aromatic heterocycles. The zero-order chi connectivity index (χ0) is 17.4. The van der Waals surface area contributed by atoms with Crippen molar-refractivity contribution in [2.45, 2.75) is 25.6 Å². The molecule has 0 atom stereocenters. The zero-order valence-corrected chi connectivity index (χ0v) is 13.0. The standard InChI is InChI=1S/C16H19F3N4O/c17-16(18,19)14-5-3-13(4-6-14)15(22-24-11-7-20)2-1-9-23-10-8-21-12-23/h3-6,8,10,12H,1-2,7,9,11,20H2/b22-15+. The quantitative estimate of drug-likeness (QED) is 0.456. The van der Waals surface area contributed by atoms with Gasteiger partial charge in [-0.25, -0.2) is 4.98 Å². The third-order valence-corrected chi connectivity index (χ3v) is 3.32. The number of oxime groups is 1. The van der Waals surface area contributed by atoms with E-state index in [1.807, 2.05) is 10.8 Å². The number of alkyl halides is 3. The molecule has 0 bridgehead atoms. The molecule has 2 N–H and O–H groups in total. The van der Waals surface area contributed by atoms with Crippen LogP contribution in [0.1, 0.15) is 24.0 Å². The van der Waals surface area contributed by atoms with Crippen LogP contribution in [0.2, 0.25) is 0 Å². The molecule has 0 saturated heterocycles. The van der Waals surface area contributed by atoms with Crippen LogP contribution in [0.25, 0.3) is 0 Å². The Kier molecular flexibility index (Phi) is 6.36. The van der Waals surface area contributed by atoms with Crippen LogP contribution in [0, 0.1) is 0 Å². The van der Waals surface area contributed by atoms with Crippen LogP contribution in [0.3, 0.4) is 0 Å². The topological polar surface area (TPSA) is 65.4 Å². The van der Waals surface area contributed by atoms with Crippen molar-refractivity contribution in [2.24, 2.45) is 10.9 Å². The summed E-state index contributed by atoms with van der Waals surface area (Å²) >= 11 is 0. The van der Waals surface area contributed by atoms with Crippen LogP contribution >= 0.6 is 0 Å². The lowest BCUT2D eigenvalue weighted by atomic mass is 10.0. The van der Waals surface area contributed by atoms with Crippen molar-refractivity contribution in [3.05, 3.63) is 54.1 Å². The van der Waals surface area contributed by atoms with Crippen LogP contribution in [-0.4, -0.2) is 28.4 Å². The van der Waals surface area contributed by atoms with Crippen molar-refractivity contribution < 1.29 is 18.0 Å². The fourth-order valence-electron chi connectivity index (χ4n) is 2.12. The van der Waals surface area contributed by atoms with Gasteiger partial charge >= 0.3 is 6.18 Å². The summed E-state index contributed by atoms with van der Waals surface area (Å²) in [6.07, 6.45) is 2.21. The third kappa shape index (κ3) is 5.38. The molecule has 0 saturated carbocycles. The Morgan fingerprint density at radius 2 is 2.00 bits per heavy atom. The summed E-state index contributed by atoms with van der Waals surface area (Å²) in [5.74, 6) is 0. The minimum atomic E-state index is -4.35. The second-order valence-corrected chi connectivity index (χ2v) is 5.14. The Morgan fingerprint density at radius 3 is 2.58 bits per heavy atom. The Hall–Kier alpha value is -2.35. The molecule has 2 aromatic rings. The highest BCUT2D eigenvalue weighted by molar-refractivity contribution is 6.00. The Labute approximate surface area is 137 Å². The van der Waals surface area contributed by atoms with Gasteiger partial charge in [-0.05, 0) is 30.5 Å². The lowest BCUT2D eigenvalue weighted by molar-refractivity contribution is -0.137. The van der Waals surface area contributed by atoms with Gasteiger partial charge in [0.05, 0.1) is 17.6 Å². The molecule has 0 amide bonds. The first kappa shape index (κ1) is 18.0. The van der Waals surface area contributed by atoms with Gasteiger partial charge in [0.25, 0.3) is 0 Å².